The number of aromatic nitrogens is 1. The fraction of sp³-hybridized carbons (Fsp3) is 0.182. The predicted octanol–water partition coefficient (Wildman–Crippen LogP) is 4.38. The highest BCUT2D eigenvalue weighted by Gasteiger charge is 2.31. The van der Waals surface area contributed by atoms with Crippen molar-refractivity contribution >= 4 is 27.3 Å². The molecule has 2 rings (SSSR count). The Bertz CT molecular complexity index is 545. The van der Waals surface area contributed by atoms with Crippen LogP contribution in [0.25, 0.3) is 0 Å². The molecule has 0 aliphatic carbocycles. The molecular formula is C11H7BrF3NO2S. The molecule has 0 radical (unpaired) electrons. The van der Waals surface area contributed by atoms with E-state index in [2.05, 4.69) is 25.7 Å². The lowest BCUT2D eigenvalue weighted by Gasteiger charge is -2.11. The third-order valence-electron chi connectivity index (χ3n) is 1.97. The Balaban J connectivity index is 2.02. The summed E-state index contributed by atoms with van der Waals surface area (Å²) in [5, 5.41) is 2.60. The van der Waals surface area contributed by atoms with E-state index in [1.165, 1.54) is 29.5 Å². The van der Waals surface area contributed by atoms with Crippen LogP contribution in [0.4, 0.5) is 13.2 Å². The molecule has 3 nitrogen and oxygen atoms in total. The second-order valence-corrected chi connectivity index (χ2v) is 5.19. The molecule has 0 fully saturated rings. The lowest BCUT2D eigenvalue weighted by molar-refractivity contribution is -0.274. The molecule has 0 saturated heterocycles. The van der Waals surface area contributed by atoms with Gasteiger partial charge in [0.1, 0.15) is 23.1 Å². The average Bonchev–Trinajstić information content (AvgIpc) is 2.81. The zero-order chi connectivity index (χ0) is 13.9. The first-order valence-corrected chi connectivity index (χ1v) is 6.68. The Morgan fingerprint density at radius 3 is 2.68 bits per heavy atom. The Morgan fingerprint density at radius 2 is 2.11 bits per heavy atom. The second kappa shape index (κ2) is 5.79. The summed E-state index contributed by atoms with van der Waals surface area (Å²) < 4.78 is 45.6. The van der Waals surface area contributed by atoms with Crippen LogP contribution in [0.5, 0.6) is 11.5 Å². The molecule has 19 heavy (non-hydrogen) atoms. The maximum atomic E-state index is 12.1. The molecule has 102 valence electrons. The van der Waals surface area contributed by atoms with Crippen LogP contribution in [0.15, 0.2) is 34.2 Å². The van der Waals surface area contributed by atoms with E-state index >= 15 is 0 Å². The first-order valence-electron chi connectivity index (χ1n) is 5.00. The number of thiazole rings is 1. The Hall–Kier alpha value is -1.28. The van der Waals surface area contributed by atoms with E-state index in [-0.39, 0.29) is 16.8 Å². The van der Waals surface area contributed by atoms with Gasteiger partial charge < -0.3 is 9.47 Å². The number of hydrogen-bond acceptors (Lipinski definition) is 4. The summed E-state index contributed by atoms with van der Waals surface area (Å²) in [4.78, 5) is 4.03. The van der Waals surface area contributed by atoms with Gasteiger partial charge in [-0.1, -0.05) is 0 Å². The zero-order valence-electron chi connectivity index (χ0n) is 9.28. The lowest BCUT2D eigenvalue weighted by atomic mass is 10.3. The van der Waals surface area contributed by atoms with Crippen molar-refractivity contribution in [2.75, 3.05) is 0 Å². The van der Waals surface area contributed by atoms with E-state index in [0.717, 1.165) is 5.01 Å². The average molecular weight is 354 g/mol. The topological polar surface area (TPSA) is 31.4 Å². The van der Waals surface area contributed by atoms with E-state index in [0.29, 0.717) is 5.75 Å². The molecule has 0 unspecified atom stereocenters. The van der Waals surface area contributed by atoms with Crippen molar-refractivity contribution in [1.82, 2.24) is 4.98 Å². The first-order chi connectivity index (χ1) is 8.94. The van der Waals surface area contributed by atoms with E-state index in [1.807, 2.05) is 5.38 Å². The molecule has 2 aromatic rings. The summed E-state index contributed by atoms with van der Waals surface area (Å²) in [6, 6.07) is 4.00. The molecule has 1 heterocycles. The minimum atomic E-state index is -4.72. The zero-order valence-corrected chi connectivity index (χ0v) is 11.7. The van der Waals surface area contributed by atoms with Gasteiger partial charge in [-0.05, 0) is 34.1 Å². The standard InChI is InChI=1S/C11H7BrF3NO2S/c12-8-5-7(17-6-10-16-3-4-19-10)1-2-9(8)18-11(13,14)15/h1-5H,6H2. The van der Waals surface area contributed by atoms with Crippen molar-refractivity contribution in [1.29, 1.82) is 0 Å². The summed E-state index contributed by atoms with van der Waals surface area (Å²) in [7, 11) is 0. The van der Waals surface area contributed by atoms with E-state index < -0.39 is 6.36 Å². The normalized spacial score (nSPS) is 11.4. The molecule has 0 N–H and O–H groups in total. The Morgan fingerprint density at radius 1 is 1.32 bits per heavy atom. The van der Waals surface area contributed by atoms with Gasteiger partial charge in [-0.15, -0.1) is 24.5 Å². The van der Waals surface area contributed by atoms with Crippen molar-refractivity contribution in [3.05, 3.63) is 39.3 Å². The first kappa shape index (κ1) is 14.1. The maximum Gasteiger partial charge on any atom is 0.573 e. The summed E-state index contributed by atoms with van der Waals surface area (Å²) in [5.74, 6) is 0.116. The molecule has 0 aliphatic heterocycles. The smallest absolute Gasteiger partial charge is 0.486 e. The van der Waals surface area contributed by atoms with Gasteiger partial charge >= 0.3 is 6.36 Å². The molecule has 1 aromatic heterocycles. The maximum absolute atomic E-state index is 12.1. The fourth-order valence-corrected chi connectivity index (χ4v) is 2.21. The largest absolute Gasteiger partial charge is 0.573 e. The van der Waals surface area contributed by atoms with Crippen molar-refractivity contribution in [3.63, 3.8) is 0 Å². The monoisotopic (exact) mass is 353 g/mol. The van der Waals surface area contributed by atoms with Crippen LogP contribution < -0.4 is 9.47 Å². The highest BCUT2D eigenvalue weighted by atomic mass is 79.9. The number of nitrogens with zero attached hydrogens (tertiary/aromatic N) is 1. The van der Waals surface area contributed by atoms with Crippen molar-refractivity contribution in [2.24, 2.45) is 0 Å². The summed E-state index contributed by atoms with van der Waals surface area (Å²) in [6.07, 6.45) is -3.06. The minimum Gasteiger partial charge on any atom is -0.486 e. The SMILES string of the molecule is FC(F)(F)Oc1ccc(OCc2nccs2)cc1Br. The van der Waals surface area contributed by atoms with Crippen molar-refractivity contribution in [3.8, 4) is 11.5 Å². The van der Waals surface area contributed by atoms with Gasteiger partial charge in [-0.2, -0.15) is 0 Å². The number of benzene rings is 1. The molecule has 0 spiro atoms. The molecular weight excluding hydrogens is 347 g/mol. The molecule has 8 heteroatoms. The third-order valence-corrected chi connectivity index (χ3v) is 3.35. The summed E-state index contributed by atoms with van der Waals surface area (Å²) in [5.41, 5.74) is 0. The number of ether oxygens (including phenoxy) is 2. The van der Waals surface area contributed by atoms with Crippen LogP contribution in [0.1, 0.15) is 5.01 Å². The van der Waals surface area contributed by atoms with Crippen LogP contribution >= 0.6 is 27.3 Å². The van der Waals surface area contributed by atoms with Gasteiger partial charge in [0.25, 0.3) is 0 Å². The van der Waals surface area contributed by atoms with Gasteiger partial charge in [-0.3, -0.25) is 0 Å². The van der Waals surface area contributed by atoms with Crippen LogP contribution in [-0.4, -0.2) is 11.3 Å². The van der Waals surface area contributed by atoms with Crippen LogP contribution in [0.2, 0.25) is 0 Å². The van der Waals surface area contributed by atoms with Crippen LogP contribution in [0, 0.1) is 0 Å². The second-order valence-electron chi connectivity index (χ2n) is 3.35. The molecule has 0 bridgehead atoms. The highest BCUT2D eigenvalue weighted by molar-refractivity contribution is 9.10. The minimum absolute atomic E-state index is 0.168. The van der Waals surface area contributed by atoms with E-state index in [4.69, 9.17) is 4.74 Å². The van der Waals surface area contributed by atoms with Gasteiger partial charge in [0, 0.05) is 11.6 Å². The van der Waals surface area contributed by atoms with E-state index in [9.17, 15) is 13.2 Å². The van der Waals surface area contributed by atoms with Crippen LogP contribution in [0.3, 0.4) is 0 Å². The number of halogens is 4. The fourth-order valence-electron chi connectivity index (χ4n) is 1.25. The van der Waals surface area contributed by atoms with Gasteiger partial charge in [0.05, 0.1) is 4.47 Å². The Kier molecular flexibility index (Phi) is 4.31. The molecule has 0 atom stereocenters. The molecule has 0 amide bonds. The number of rotatable bonds is 4. The summed E-state index contributed by atoms with van der Waals surface area (Å²) >= 11 is 4.44. The molecule has 0 aliphatic rings. The van der Waals surface area contributed by atoms with E-state index in [1.54, 1.807) is 6.20 Å². The molecule has 0 saturated carbocycles. The Labute approximate surface area is 119 Å². The highest BCUT2D eigenvalue weighted by Crippen LogP contribution is 2.33. The lowest BCUT2D eigenvalue weighted by Crippen LogP contribution is -2.17. The quantitative estimate of drug-likeness (QED) is 0.817. The van der Waals surface area contributed by atoms with Crippen molar-refractivity contribution < 1.29 is 22.6 Å². The van der Waals surface area contributed by atoms with Gasteiger partial charge in [0.2, 0.25) is 0 Å². The van der Waals surface area contributed by atoms with Crippen molar-refractivity contribution in [2.45, 2.75) is 13.0 Å². The van der Waals surface area contributed by atoms with Gasteiger partial charge in [-0.25, -0.2) is 4.98 Å². The van der Waals surface area contributed by atoms with Gasteiger partial charge in [0.15, 0.2) is 0 Å². The predicted molar refractivity (Wildman–Crippen MR) is 67.3 cm³/mol. The summed E-state index contributed by atoms with van der Waals surface area (Å²) in [6.45, 7) is 0.267. The van der Waals surface area contributed by atoms with Crippen LogP contribution in [-0.2, 0) is 6.61 Å². The molecule has 1 aromatic carbocycles. The number of alkyl halides is 3. The third kappa shape index (κ3) is 4.39. The number of hydrogen-bond donors (Lipinski definition) is 0.